The number of hydrogen-bond donors (Lipinski definition) is 0. The van der Waals surface area contributed by atoms with Crippen LogP contribution in [-0.4, -0.2) is 15.4 Å². The largest absolute Gasteiger partial charge is 0.325 e. The zero-order valence-electron chi connectivity index (χ0n) is 8.79. The Hall–Kier alpha value is -1.09. The van der Waals surface area contributed by atoms with E-state index in [2.05, 4.69) is 9.55 Å². The van der Waals surface area contributed by atoms with E-state index in [-0.39, 0.29) is 5.82 Å². The Kier molecular flexibility index (Phi) is 2.36. The van der Waals surface area contributed by atoms with Crippen molar-refractivity contribution in [1.82, 2.24) is 9.55 Å². The van der Waals surface area contributed by atoms with Gasteiger partial charge < -0.3 is 4.57 Å². The molecule has 84 valence electrons. The van der Waals surface area contributed by atoms with E-state index in [1.165, 1.54) is 6.07 Å². The van der Waals surface area contributed by atoms with Crippen LogP contribution < -0.4 is 0 Å². The van der Waals surface area contributed by atoms with Crippen molar-refractivity contribution in [2.24, 2.45) is 0 Å². The second kappa shape index (κ2) is 3.74. The number of alkyl halides is 1. The minimum absolute atomic E-state index is 0.243. The van der Waals surface area contributed by atoms with E-state index in [1.807, 2.05) is 6.07 Å². The molecule has 2 aromatic rings. The summed E-state index contributed by atoms with van der Waals surface area (Å²) in [5.74, 6) is 1.20. The molecule has 0 unspecified atom stereocenters. The van der Waals surface area contributed by atoms with Crippen LogP contribution in [0.25, 0.3) is 11.0 Å². The summed E-state index contributed by atoms with van der Waals surface area (Å²) >= 11 is 5.75. The van der Waals surface area contributed by atoms with Crippen LogP contribution in [0.5, 0.6) is 0 Å². The lowest BCUT2D eigenvalue weighted by molar-refractivity contribution is 0.637. The number of imidazole rings is 1. The first kappa shape index (κ1) is 10.1. The molecule has 2 nitrogen and oxygen atoms in total. The van der Waals surface area contributed by atoms with Gasteiger partial charge in [0.2, 0.25) is 0 Å². The van der Waals surface area contributed by atoms with Gasteiger partial charge in [-0.2, -0.15) is 0 Å². The van der Waals surface area contributed by atoms with Gasteiger partial charge in [-0.05, 0) is 25.0 Å². The highest BCUT2D eigenvalue weighted by Crippen LogP contribution is 2.39. The molecule has 1 aromatic heterocycles. The van der Waals surface area contributed by atoms with Gasteiger partial charge in [0, 0.05) is 18.3 Å². The Morgan fingerprint density at radius 2 is 2.25 bits per heavy atom. The van der Waals surface area contributed by atoms with Crippen LogP contribution in [0.3, 0.4) is 0 Å². The zero-order chi connectivity index (χ0) is 11.1. The normalized spacial score (nSPS) is 15.9. The molecule has 4 heteroatoms. The van der Waals surface area contributed by atoms with E-state index in [4.69, 9.17) is 11.6 Å². The lowest BCUT2D eigenvalue weighted by Gasteiger charge is -2.05. The summed E-state index contributed by atoms with van der Waals surface area (Å²) in [4.78, 5) is 4.37. The van der Waals surface area contributed by atoms with Crippen LogP contribution in [0.1, 0.15) is 24.7 Å². The molecule has 1 aliphatic carbocycles. The molecule has 1 saturated carbocycles. The van der Waals surface area contributed by atoms with Crippen molar-refractivity contribution >= 4 is 22.6 Å². The third-order valence-corrected chi connectivity index (χ3v) is 3.16. The standard InChI is InChI=1S/C12H12ClFN2/c13-7-6-11-15-12-9(14)2-1-3-10(12)16(11)8-4-5-8/h1-3,8H,4-7H2. The molecule has 0 atom stereocenters. The van der Waals surface area contributed by atoms with Crippen molar-refractivity contribution in [2.45, 2.75) is 25.3 Å². The minimum Gasteiger partial charge on any atom is -0.325 e. The minimum atomic E-state index is -0.243. The van der Waals surface area contributed by atoms with Gasteiger partial charge in [0.05, 0.1) is 5.52 Å². The number of aryl methyl sites for hydroxylation is 1. The average Bonchev–Trinajstić information content (AvgIpc) is 3.02. The molecule has 1 aromatic carbocycles. The van der Waals surface area contributed by atoms with Gasteiger partial charge in [-0.3, -0.25) is 0 Å². The van der Waals surface area contributed by atoms with Gasteiger partial charge in [-0.1, -0.05) is 6.07 Å². The Morgan fingerprint density at radius 1 is 1.44 bits per heavy atom. The summed E-state index contributed by atoms with van der Waals surface area (Å²) in [5, 5.41) is 0. The summed E-state index contributed by atoms with van der Waals surface area (Å²) in [6.45, 7) is 0. The predicted octanol–water partition coefficient (Wildman–Crippen LogP) is 3.29. The molecule has 16 heavy (non-hydrogen) atoms. The fraction of sp³-hybridized carbons (Fsp3) is 0.417. The maximum absolute atomic E-state index is 13.6. The molecule has 1 heterocycles. The molecule has 0 radical (unpaired) electrons. The van der Waals surface area contributed by atoms with Crippen LogP contribution in [-0.2, 0) is 6.42 Å². The van der Waals surface area contributed by atoms with Gasteiger partial charge in [0.15, 0.2) is 5.82 Å². The van der Waals surface area contributed by atoms with Crippen LogP contribution in [0, 0.1) is 5.82 Å². The Labute approximate surface area is 98.0 Å². The number of halogens is 2. The SMILES string of the molecule is Fc1cccc2c1nc(CCCl)n2C1CC1. The molecule has 0 spiro atoms. The first-order valence-electron chi connectivity index (χ1n) is 5.52. The second-order valence-corrected chi connectivity index (χ2v) is 4.55. The third-order valence-electron chi connectivity index (χ3n) is 2.97. The van der Waals surface area contributed by atoms with Gasteiger partial charge >= 0.3 is 0 Å². The summed E-state index contributed by atoms with van der Waals surface area (Å²) in [6.07, 6.45) is 3.03. The molecular weight excluding hydrogens is 227 g/mol. The summed E-state index contributed by atoms with van der Waals surface area (Å²) < 4.78 is 15.7. The third kappa shape index (κ3) is 1.50. The Morgan fingerprint density at radius 3 is 2.94 bits per heavy atom. The lowest BCUT2D eigenvalue weighted by Crippen LogP contribution is -2.02. The first-order valence-corrected chi connectivity index (χ1v) is 6.06. The number of benzene rings is 1. The molecule has 3 rings (SSSR count). The van der Waals surface area contributed by atoms with Crippen LogP contribution in [0.15, 0.2) is 18.2 Å². The molecule has 0 bridgehead atoms. The lowest BCUT2D eigenvalue weighted by atomic mass is 10.3. The quantitative estimate of drug-likeness (QED) is 0.751. The average molecular weight is 239 g/mol. The highest BCUT2D eigenvalue weighted by molar-refractivity contribution is 6.17. The maximum Gasteiger partial charge on any atom is 0.151 e. The molecule has 0 amide bonds. The van der Waals surface area contributed by atoms with Crippen LogP contribution in [0.4, 0.5) is 4.39 Å². The maximum atomic E-state index is 13.6. The number of para-hydroxylation sites is 1. The number of fused-ring (bicyclic) bond motifs is 1. The summed E-state index contributed by atoms with van der Waals surface area (Å²) in [5.41, 5.74) is 1.39. The second-order valence-electron chi connectivity index (χ2n) is 4.18. The van der Waals surface area contributed by atoms with Crippen LogP contribution >= 0.6 is 11.6 Å². The highest BCUT2D eigenvalue weighted by atomic mass is 35.5. The molecular formula is C12H12ClFN2. The zero-order valence-corrected chi connectivity index (χ0v) is 9.54. The van der Waals surface area contributed by atoms with Gasteiger partial charge in [0.1, 0.15) is 11.3 Å². The van der Waals surface area contributed by atoms with Crippen molar-refractivity contribution in [1.29, 1.82) is 0 Å². The topological polar surface area (TPSA) is 17.8 Å². The van der Waals surface area contributed by atoms with Gasteiger partial charge in [-0.25, -0.2) is 9.37 Å². The smallest absolute Gasteiger partial charge is 0.151 e. The van der Waals surface area contributed by atoms with Crippen molar-refractivity contribution in [2.75, 3.05) is 5.88 Å². The molecule has 1 aliphatic rings. The van der Waals surface area contributed by atoms with Gasteiger partial charge in [-0.15, -0.1) is 11.6 Å². The fourth-order valence-corrected chi connectivity index (χ4v) is 2.30. The predicted molar refractivity (Wildman–Crippen MR) is 62.4 cm³/mol. The first-order chi connectivity index (χ1) is 7.81. The van der Waals surface area contributed by atoms with E-state index in [9.17, 15) is 4.39 Å². The van der Waals surface area contributed by atoms with Crippen molar-refractivity contribution in [3.63, 3.8) is 0 Å². The Bertz CT molecular complexity index is 531. The molecule has 0 N–H and O–H groups in total. The molecule has 1 fully saturated rings. The highest BCUT2D eigenvalue weighted by Gasteiger charge is 2.28. The number of nitrogens with zero attached hydrogens (tertiary/aromatic N) is 2. The number of rotatable bonds is 3. The van der Waals surface area contributed by atoms with Crippen LogP contribution in [0.2, 0.25) is 0 Å². The summed E-state index contributed by atoms with van der Waals surface area (Å²) in [6, 6.07) is 5.63. The van der Waals surface area contributed by atoms with E-state index < -0.39 is 0 Å². The van der Waals surface area contributed by atoms with E-state index in [1.54, 1.807) is 6.07 Å². The van der Waals surface area contributed by atoms with E-state index in [0.717, 1.165) is 24.2 Å². The van der Waals surface area contributed by atoms with Crippen molar-refractivity contribution < 1.29 is 4.39 Å². The van der Waals surface area contributed by atoms with Crippen molar-refractivity contribution in [3.05, 3.63) is 29.8 Å². The van der Waals surface area contributed by atoms with Gasteiger partial charge in [0.25, 0.3) is 0 Å². The van der Waals surface area contributed by atoms with E-state index >= 15 is 0 Å². The number of hydrogen-bond acceptors (Lipinski definition) is 1. The number of aromatic nitrogens is 2. The molecule has 0 saturated heterocycles. The summed E-state index contributed by atoms with van der Waals surface area (Å²) in [7, 11) is 0. The van der Waals surface area contributed by atoms with E-state index in [0.29, 0.717) is 23.9 Å². The Balaban J connectivity index is 2.24. The molecule has 0 aliphatic heterocycles. The monoisotopic (exact) mass is 238 g/mol. The fourth-order valence-electron chi connectivity index (χ4n) is 2.13. The van der Waals surface area contributed by atoms with Crippen molar-refractivity contribution in [3.8, 4) is 0 Å².